The van der Waals surface area contributed by atoms with Gasteiger partial charge in [0.1, 0.15) is 11.6 Å². The van der Waals surface area contributed by atoms with E-state index in [9.17, 15) is 18.0 Å². The van der Waals surface area contributed by atoms with Crippen molar-refractivity contribution in [1.82, 2.24) is 4.98 Å². The first kappa shape index (κ1) is 12.8. The molecule has 0 saturated carbocycles. The van der Waals surface area contributed by atoms with Gasteiger partial charge in [0, 0.05) is 6.20 Å². The van der Waals surface area contributed by atoms with E-state index in [1.165, 1.54) is 0 Å². The minimum Gasteiger partial charge on any atom is -0.465 e. The van der Waals surface area contributed by atoms with E-state index in [4.69, 9.17) is 5.26 Å². The Bertz CT molecular complexity index is 479. The molecule has 1 aromatic heterocycles. The molecule has 0 aromatic carbocycles. The normalized spacial score (nSPS) is 10.5. The number of carbonyl (C=O) groups excluding carboxylic acids is 1. The van der Waals surface area contributed by atoms with Gasteiger partial charge < -0.3 is 9.47 Å². The first-order valence-electron chi connectivity index (χ1n) is 4.12. The summed E-state index contributed by atoms with van der Waals surface area (Å²) >= 11 is 0. The number of halogens is 3. The van der Waals surface area contributed by atoms with Crippen molar-refractivity contribution in [2.75, 3.05) is 7.11 Å². The lowest BCUT2D eigenvalue weighted by atomic mass is 10.1. The molecule has 17 heavy (non-hydrogen) atoms. The molecule has 0 aliphatic rings. The number of pyridine rings is 1. The molecular formula is C9H5F3N2O3. The monoisotopic (exact) mass is 246 g/mol. The molecule has 0 radical (unpaired) electrons. The smallest absolute Gasteiger partial charge is 0.465 e. The molecule has 0 N–H and O–H groups in total. The number of hydrogen-bond acceptors (Lipinski definition) is 5. The summed E-state index contributed by atoms with van der Waals surface area (Å²) in [5, 5.41) is 8.66. The topological polar surface area (TPSA) is 72.2 Å². The zero-order chi connectivity index (χ0) is 13.1. The fourth-order valence-electron chi connectivity index (χ4n) is 1.02. The van der Waals surface area contributed by atoms with Gasteiger partial charge in [-0.25, -0.2) is 9.78 Å². The second-order valence-corrected chi connectivity index (χ2v) is 2.69. The van der Waals surface area contributed by atoms with Crippen LogP contribution in [-0.4, -0.2) is 24.4 Å². The third kappa shape index (κ3) is 3.07. The lowest BCUT2D eigenvalue weighted by molar-refractivity contribution is -0.276. The Balaban J connectivity index is 3.31. The number of nitrogens with zero attached hydrogens (tertiary/aromatic N) is 2. The van der Waals surface area contributed by atoms with Gasteiger partial charge in [0.25, 0.3) is 0 Å². The van der Waals surface area contributed by atoms with Crippen molar-refractivity contribution >= 4 is 5.97 Å². The summed E-state index contributed by atoms with van der Waals surface area (Å²) in [6.07, 6.45) is -4.09. The van der Waals surface area contributed by atoms with Crippen LogP contribution in [0.1, 0.15) is 15.9 Å². The van der Waals surface area contributed by atoms with Crippen LogP contribution in [-0.2, 0) is 4.74 Å². The molecule has 0 fully saturated rings. The molecule has 0 atom stereocenters. The molecule has 0 aliphatic carbocycles. The number of esters is 1. The van der Waals surface area contributed by atoms with E-state index in [0.29, 0.717) is 0 Å². The summed E-state index contributed by atoms with van der Waals surface area (Å²) in [4.78, 5) is 14.5. The minimum absolute atomic E-state index is 0.314. The highest BCUT2D eigenvalue weighted by Crippen LogP contribution is 2.26. The van der Waals surface area contributed by atoms with E-state index >= 15 is 0 Å². The standard InChI is InChI=1S/C9H5F3N2O3/c1-16-8(15)6-5(4-13)2-3-14-7(6)17-9(10,11)12/h2-3H,1H3. The molecule has 5 nitrogen and oxygen atoms in total. The number of methoxy groups -OCH3 is 1. The van der Waals surface area contributed by atoms with Crippen molar-refractivity contribution < 1.29 is 27.4 Å². The summed E-state index contributed by atoms with van der Waals surface area (Å²) in [5.41, 5.74) is -0.971. The van der Waals surface area contributed by atoms with Gasteiger partial charge in [-0.2, -0.15) is 5.26 Å². The largest absolute Gasteiger partial charge is 0.574 e. The number of ether oxygens (including phenoxy) is 2. The fraction of sp³-hybridized carbons (Fsp3) is 0.222. The third-order valence-electron chi connectivity index (χ3n) is 1.64. The Hall–Kier alpha value is -2.30. The first-order chi connectivity index (χ1) is 7.89. The average molecular weight is 246 g/mol. The maximum absolute atomic E-state index is 12.0. The van der Waals surface area contributed by atoms with E-state index < -0.39 is 23.8 Å². The second-order valence-electron chi connectivity index (χ2n) is 2.69. The highest BCUT2D eigenvalue weighted by atomic mass is 19.4. The average Bonchev–Trinajstić information content (AvgIpc) is 2.25. The highest BCUT2D eigenvalue weighted by Gasteiger charge is 2.35. The number of nitriles is 1. The zero-order valence-electron chi connectivity index (χ0n) is 8.41. The van der Waals surface area contributed by atoms with Crippen molar-refractivity contribution in [2.45, 2.75) is 6.36 Å². The van der Waals surface area contributed by atoms with E-state index in [-0.39, 0.29) is 5.56 Å². The molecule has 90 valence electrons. The Kier molecular flexibility index (Phi) is 3.52. The van der Waals surface area contributed by atoms with E-state index in [1.54, 1.807) is 6.07 Å². The van der Waals surface area contributed by atoms with Gasteiger partial charge in [-0.15, -0.1) is 13.2 Å². The third-order valence-corrected chi connectivity index (χ3v) is 1.64. The fourth-order valence-corrected chi connectivity index (χ4v) is 1.02. The Labute approximate surface area is 93.4 Å². The van der Waals surface area contributed by atoms with Gasteiger partial charge in [-0.3, -0.25) is 0 Å². The molecule has 0 saturated heterocycles. The summed E-state index contributed by atoms with van der Waals surface area (Å²) in [5.74, 6) is -2.14. The Morgan fingerprint density at radius 2 is 2.18 bits per heavy atom. The Morgan fingerprint density at radius 3 is 2.65 bits per heavy atom. The summed E-state index contributed by atoms with van der Waals surface area (Å²) in [6, 6.07) is 2.63. The number of hydrogen-bond donors (Lipinski definition) is 0. The molecule has 0 aliphatic heterocycles. The van der Waals surface area contributed by atoms with Crippen LogP contribution in [0.4, 0.5) is 13.2 Å². The molecule has 1 heterocycles. The molecule has 8 heteroatoms. The number of alkyl halides is 3. The van der Waals surface area contributed by atoms with Crippen LogP contribution >= 0.6 is 0 Å². The minimum atomic E-state index is -5.01. The Morgan fingerprint density at radius 1 is 1.53 bits per heavy atom. The molecule has 0 spiro atoms. The van der Waals surface area contributed by atoms with Crippen LogP contribution in [0.25, 0.3) is 0 Å². The van der Waals surface area contributed by atoms with Crippen LogP contribution in [0.5, 0.6) is 5.88 Å². The summed E-state index contributed by atoms with van der Waals surface area (Å²) in [7, 11) is 0.966. The van der Waals surface area contributed by atoms with Crippen molar-refractivity contribution in [1.29, 1.82) is 5.26 Å². The maximum Gasteiger partial charge on any atom is 0.574 e. The van der Waals surface area contributed by atoms with Gasteiger partial charge in [-0.05, 0) is 6.07 Å². The van der Waals surface area contributed by atoms with Gasteiger partial charge in [-0.1, -0.05) is 0 Å². The van der Waals surface area contributed by atoms with Crippen LogP contribution < -0.4 is 4.74 Å². The van der Waals surface area contributed by atoms with E-state index in [2.05, 4.69) is 14.5 Å². The van der Waals surface area contributed by atoms with Crippen LogP contribution in [0.3, 0.4) is 0 Å². The SMILES string of the molecule is COC(=O)c1c(C#N)ccnc1OC(F)(F)F. The quantitative estimate of drug-likeness (QED) is 0.741. The molecular weight excluding hydrogens is 241 g/mol. The van der Waals surface area contributed by atoms with Gasteiger partial charge in [0.05, 0.1) is 12.7 Å². The predicted octanol–water partition coefficient (Wildman–Crippen LogP) is 1.64. The highest BCUT2D eigenvalue weighted by molar-refractivity contribution is 5.94. The van der Waals surface area contributed by atoms with E-state index in [0.717, 1.165) is 19.4 Å². The van der Waals surface area contributed by atoms with Crippen LogP contribution in [0.15, 0.2) is 12.3 Å². The second kappa shape index (κ2) is 4.69. The molecule has 1 aromatic rings. The number of rotatable bonds is 2. The lowest BCUT2D eigenvalue weighted by Crippen LogP contribution is -2.21. The molecule has 1 rings (SSSR count). The van der Waals surface area contributed by atoms with Gasteiger partial charge >= 0.3 is 12.3 Å². The van der Waals surface area contributed by atoms with Crippen molar-refractivity contribution in [3.05, 3.63) is 23.4 Å². The van der Waals surface area contributed by atoms with E-state index in [1.807, 2.05) is 0 Å². The zero-order valence-corrected chi connectivity index (χ0v) is 8.41. The van der Waals surface area contributed by atoms with Crippen molar-refractivity contribution in [3.63, 3.8) is 0 Å². The summed E-state index contributed by atoms with van der Waals surface area (Å²) in [6.45, 7) is 0. The van der Waals surface area contributed by atoms with Crippen molar-refractivity contribution in [3.8, 4) is 11.9 Å². The van der Waals surface area contributed by atoms with Crippen LogP contribution in [0.2, 0.25) is 0 Å². The van der Waals surface area contributed by atoms with Gasteiger partial charge in [0.2, 0.25) is 5.88 Å². The molecule has 0 amide bonds. The first-order valence-corrected chi connectivity index (χ1v) is 4.12. The number of aromatic nitrogens is 1. The molecule has 0 unspecified atom stereocenters. The summed E-state index contributed by atoms with van der Waals surface area (Å²) < 4.78 is 43.9. The molecule has 0 bridgehead atoms. The van der Waals surface area contributed by atoms with Gasteiger partial charge in [0.15, 0.2) is 0 Å². The lowest BCUT2D eigenvalue weighted by Gasteiger charge is -2.11. The predicted molar refractivity (Wildman–Crippen MR) is 47.0 cm³/mol. The van der Waals surface area contributed by atoms with Crippen LogP contribution in [0, 0.1) is 11.3 Å². The van der Waals surface area contributed by atoms with Crippen molar-refractivity contribution in [2.24, 2.45) is 0 Å². The maximum atomic E-state index is 12.0. The number of carbonyl (C=O) groups is 1.